The van der Waals surface area contributed by atoms with Crippen LogP contribution in [0.1, 0.15) is 44.1 Å². The van der Waals surface area contributed by atoms with Crippen LogP contribution in [0.2, 0.25) is 0 Å². The summed E-state index contributed by atoms with van der Waals surface area (Å²) in [6.07, 6.45) is 8.49. The average molecular weight is 412 g/mol. The lowest BCUT2D eigenvalue weighted by Gasteiger charge is -2.37. The number of carbonyl (C=O) groups is 1. The third kappa shape index (κ3) is 4.63. The lowest BCUT2D eigenvalue weighted by Crippen LogP contribution is -2.47. The first-order chi connectivity index (χ1) is 14.6. The number of benzene rings is 1. The molecule has 5 heteroatoms. The summed E-state index contributed by atoms with van der Waals surface area (Å²) >= 11 is 0. The Morgan fingerprint density at radius 3 is 2.53 bits per heavy atom. The second kappa shape index (κ2) is 9.63. The van der Waals surface area contributed by atoms with Gasteiger partial charge in [-0.25, -0.2) is 0 Å². The number of β-amino-alcohol motifs (C(OH)–C–C–N with tert-alkyl or cyclic N) is 1. The SMILES string of the molecule is C=CCNC1CCN(CC2CN(C(=O)C3CCCC3)CC2(O)c2ccccc2)CC1. The first-order valence-corrected chi connectivity index (χ1v) is 11.7. The highest BCUT2D eigenvalue weighted by Crippen LogP contribution is 2.39. The summed E-state index contributed by atoms with van der Waals surface area (Å²) in [7, 11) is 0. The van der Waals surface area contributed by atoms with Crippen molar-refractivity contribution in [2.45, 2.75) is 50.2 Å². The Bertz CT molecular complexity index is 710. The summed E-state index contributed by atoms with van der Waals surface area (Å²) < 4.78 is 0. The van der Waals surface area contributed by atoms with Gasteiger partial charge in [0.25, 0.3) is 0 Å². The first-order valence-electron chi connectivity index (χ1n) is 11.7. The van der Waals surface area contributed by atoms with Gasteiger partial charge in [0.05, 0.1) is 6.54 Å². The van der Waals surface area contributed by atoms with Gasteiger partial charge in [-0.05, 0) is 44.3 Å². The fraction of sp³-hybridized carbons (Fsp3) is 0.640. The molecule has 2 N–H and O–H groups in total. The van der Waals surface area contributed by atoms with E-state index < -0.39 is 5.60 Å². The predicted molar refractivity (Wildman–Crippen MR) is 120 cm³/mol. The Balaban J connectivity index is 1.45. The topological polar surface area (TPSA) is 55.8 Å². The van der Waals surface area contributed by atoms with E-state index in [-0.39, 0.29) is 17.7 Å². The normalized spacial score (nSPS) is 28.8. The summed E-state index contributed by atoms with van der Waals surface area (Å²) in [6, 6.07) is 10.5. The Hall–Kier alpha value is -1.69. The van der Waals surface area contributed by atoms with Crippen molar-refractivity contribution in [3.63, 3.8) is 0 Å². The third-order valence-corrected chi connectivity index (χ3v) is 7.45. The summed E-state index contributed by atoms with van der Waals surface area (Å²) in [4.78, 5) is 17.6. The highest BCUT2D eigenvalue weighted by Gasteiger charge is 2.49. The van der Waals surface area contributed by atoms with E-state index in [2.05, 4.69) is 16.8 Å². The molecule has 1 amide bonds. The fourth-order valence-electron chi connectivity index (χ4n) is 5.64. The molecule has 3 fully saturated rings. The van der Waals surface area contributed by atoms with Gasteiger partial charge < -0.3 is 20.2 Å². The van der Waals surface area contributed by atoms with E-state index in [4.69, 9.17) is 0 Å². The Labute approximate surface area is 181 Å². The lowest BCUT2D eigenvalue weighted by molar-refractivity contribution is -0.135. The van der Waals surface area contributed by atoms with Crippen LogP contribution in [0.15, 0.2) is 43.0 Å². The van der Waals surface area contributed by atoms with Crippen molar-refractivity contribution < 1.29 is 9.90 Å². The third-order valence-electron chi connectivity index (χ3n) is 7.45. The number of likely N-dealkylation sites (tertiary alicyclic amines) is 2. The number of rotatable bonds is 7. The van der Waals surface area contributed by atoms with E-state index in [1.54, 1.807) is 0 Å². The molecule has 4 rings (SSSR count). The Morgan fingerprint density at radius 2 is 1.87 bits per heavy atom. The predicted octanol–water partition coefficient (Wildman–Crippen LogP) is 2.76. The van der Waals surface area contributed by atoms with Crippen LogP contribution in [0.5, 0.6) is 0 Å². The molecule has 3 aliphatic rings. The zero-order valence-corrected chi connectivity index (χ0v) is 18.1. The maximum Gasteiger partial charge on any atom is 0.225 e. The smallest absolute Gasteiger partial charge is 0.225 e. The average Bonchev–Trinajstić information content (AvgIpc) is 3.43. The van der Waals surface area contributed by atoms with Gasteiger partial charge in [-0.2, -0.15) is 0 Å². The molecule has 2 saturated heterocycles. The molecule has 2 unspecified atom stereocenters. The number of hydrogen-bond donors (Lipinski definition) is 2. The van der Waals surface area contributed by atoms with Crippen molar-refractivity contribution in [2.24, 2.45) is 11.8 Å². The standard InChI is InChI=1S/C25H37N3O2/c1-2-14-26-23-12-15-27(16-13-23)17-22-18-28(24(29)20-8-6-7-9-20)19-25(22,30)21-10-4-3-5-11-21/h2-5,10-11,20,22-23,26,30H,1,6-9,12-19H2. The molecule has 0 bridgehead atoms. The lowest BCUT2D eigenvalue weighted by atomic mass is 9.83. The Morgan fingerprint density at radius 1 is 1.17 bits per heavy atom. The minimum Gasteiger partial charge on any atom is -0.383 e. The van der Waals surface area contributed by atoms with Crippen LogP contribution in [-0.4, -0.2) is 66.1 Å². The van der Waals surface area contributed by atoms with E-state index >= 15 is 0 Å². The second-order valence-electron chi connectivity index (χ2n) is 9.46. The second-order valence-corrected chi connectivity index (χ2v) is 9.46. The largest absolute Gasteiger partial charge is 0.383 e. The number of carbonyl (C=O) groups excluding carboxylic acids is 1. The molecule has 164 valence electrons. The maximum atomic E-state index is 13.1. The van der Waals surface area contributed by atoms with Gasteiger partial charge in [-0.3, -0.25) is 4.79 Å². The molecule has 1 saturated carbocycles. The van der Waals surface area contributed by atoms with Crippen molar-refractivity contribution in [1.82, 2.24) is 15.1 Å². The molecule has 1 aliphatic carbocycles. The molecule has 1 aromatic rings. The number of nitrogens with zero attached hydrogens (tertiary/aromatic N) is 2. The molecule has 2 aliphatic heterocycles. The van der Waals surface area contributed by atoms with Gasteiger partial charge in [0.2, 0.25) is 5.91 Å². The van der Waals surface area contributed by atoms with Gasteiger partial charge in [0, 0.05) is 37.5 Å². The zero-order chi connectivity index (χ0) is 21.0. The van der Waals surface area contributed by atoms with Crippen molar-refractivity contribution in [1.29, 1.82) is 0 Å². The molecule has 0 spiro atoms. The molecule has 2 atom stereocenters. The van der Waals surface area contributed by atoms with Crippen LogP contribution < -0.4 is 5.32 Å². The van der Waals surface area contributed by atoms with Crippen molar-refractivity contribution in [3.8, 4) is 0 Å². The monoisotopic (exact) mass is 411 g/mol. The summed E-state index contributed by atoms with van der Waals surface area (Å²) in [5, 5.41) is 15.4. The number of aliphatic hydroxyl groups is 1. The molecule has 0 aromatic heterocycles. The van der Waals surface area contributed by atoms with Gasteiger partial charge >= 0.3 is 0 Å². The summed E-state index contributed by atoms with van der Waals surface area (Å²) in [5.74, 6) is 0.468. The molecule has 5 nitrogen and oxygen atoms in total. The van der Waals surface area contributed by atoms with Crippen LogP contribution in [0.3, 0.4) is 0 Å². The van der Waals surface area contributed by atoms with E-state index in [1.807, 2.05) is 41.3 Å². The van der Waals surface area contributed by atoms with Crippen molar-refractivity contribution in [2.75, 3.05) is 39.3 Å². The number of amides is 1. The molecular weight excluding hydrogens is 374 g/mol. The summed E-state index contributed by atoms with van der Waals surface area (Å²) in [6.45, 7) is 8.65. The molecule has 1 aromatic carbocycles. The van der Waals surface area contributed by atoms with Crippen LogP contribution >= 0.6 is 0 Å². The maximum absolute atomic E-state index is 13.1. The Kier molecular flexibility index (Phi) is 6.91. The molecular formula is C25H37N3O2. The van der Waals surface area contributed by atoms with Crippen LogP contribution in [-0.2, 0) is 10.4 Å². The minimum absolute atomic E-state index is 0.0444. The highest BCUT2D eigenvalue weighted by molar-refractivity contribution is 5.79. The fourth-order valence-corrected chi connectivity index (χ4v) is 5.64. The van der Waals surface area contributed by atoms with Crippen molar-refractivity contribution in [3.05, 3.63) is 48.6 Å². The number of hydrogen-bond acceptors (Lipinski definition) is 4. The zero-order valence-electron chi connectivity index (χ0n) is 18.1. The van der Waals surface area contributed by atoms with E-state index in [0.29, 0.717) is 19.1 Å². The molecule has 2 heterocycles. The number of nitrogens with one attached hydrogen (secondary N) is 1. The van der Waals surface area contributed by atoms with E-state index in [9.17, 15) is 9.90 Å². The molecule has 30 heavy (non-hydrogen) atoms. The van der Waals surface area contributed by atoms with Gasteiger partial charge in [-0.15, -0.1) is 6.58 Å². The van der Waals surface area contributed by atoms with Crippen molar-refractivity contribution >= 4 is 5.91 Å². The minimum atomic E-state index is -0.965. The van der Waals surface area contributed by atoms with Gasteiger partial charge in [-0.1, -0.05) is 49.2 Å². The van der Waals surface area contributed by atoms with Gasteiger partial charge in [0.1, 0.15) is 5.60 Å². The van der Waals surface area contributed by atoms with E-state index in [0.717, 1.165) is 70.3 Å². The van der Waals surface area contributed by atoms with Crippen LogP contribution in [0.4, 0.5) is 0 Å². The first kappa shape index (κ1) is 21.5. The van der Waals surface area contributed by atoms with Crippen LogP contribution in [0, 0.1) is 11.8 Å². The van der Waals surface area contributed by atoms with E-state index in [1.165, 1.54) is 0 Å². The summed E-state index contributed by atoms with van der Waals surface area (Å²) in [5.41, 5.74) is -0.0211. The molecule has 0 radical (unpaired) electrons. The van der Waals surface area contributed by atoms with Crippen LogP contribution in [0.25, 0.3) is 0 Å². The van der Waals surface area contributed by atoms with Gasteiger partial charge in [0.15, 0.2) is 0 Å². The number of piperidine rings is 1. The quantitative estimate of drug-likeness (QED) is 0.678. The highest BCUT2D eigenvalue weighted by atomic mass is 16.3.